The number of rotatable bonds is 6. The molecular formula is C13H21NO2S. The molecule has 1 saturated heterocycles. The van der Waals surface area contributed by atoms with E-state index in [0.29, 0.717) is 12.0 Å². The zero-order valence-electron chi connectivity index (χ0n) is 10.6. The first kappa shape index (κ1) is 12.9. The van der Waals surface area contributed by atoms with Gasteiger partial charge in [0.1, 0.15) is 5.75 Å². The summed E-state index contributed by atoms with van der Waals surface area (Å²) in [6.07, 6.45) is 2.29. The molecule has 4 heteroatoms. The molecule has 1 aliphatic heterocycles. The Morgan fingerprint density at radius 2 is 2.53 bits per heavy atom. The molecule has 17 heavy (non-hydrogen) atoms. The number of thiophene rings is 1. The maximum atomic E-state index is 5.51. The van der Waals surface area contributed by atoms with E-state index in [1.54, 1.807) is 18.4 Å². The van der Waals surface area contributed by atoms with Crippen molar-refractivity contribution in [1.29, 1.82) is 0 Å². The Bertz CT molecular complexity index is 334. The lowest BCUT2D eigenvalue weighted by Gasteiger charge is -2.23. The highest BCUT2D eigenvalue weighted by Crippen LogP contribution is 2.37. The lowest BCUT2D eigenvalue weighted by Crippen LogP contribution is -2.29. The summed E-state index contributed by atoms with van der Waals surface area (Å²) in [4.78, 5) is 1.32. The summed E-state index contributed by atoms with van der Waals surface area (Å²) in [7, 11) is 1.74. The van der Waals surface area contributed by atoms with Gasteiger partial charge in [-0.25, -0.2) is 0 Å². The Kier molecular flexibility index (Phi) is 4.83. The minimum atomic E-state index is 0.382. The quantitative estimate of drug-likeness (QED) is 0.848. The van der Waals surface area contributed by atoms with Gasteiger partial charge in [-0.2, -0.15) is 0 Å². The lowest BCUT2D eigenvalue weighted by atomic mass is 9.97. The van der Waals surface area contributed by atoms with Gasteiger partial charge in [0.05, 0.1) is 24.6 Å². The van der Waals surface area contributed by atoms with E-state index in [2.05, 4.69) is 23.7 Å². The molecule has 3 nitrogen and oxygen atoms in total. The Labute approximate surface area is 107 Å². The van der Waals surface area contributed by atoms with E-state index in [1.807, 2.05) is 0 Å². The van der Waals surface area contributed by atoms with Crippen molar-refractivity contribution in [2.24, 2.45) is 5.92 Å². The molecule has 0 aliphatic carbocycles. The molecule has 1 aromatic rings. The highest BCUT2D eigenvalue weighted by Gasteiger charge is 2.29. The van der Waals surface area contributed by atoms with Crippen LogP contribution in [0.5, 0.6) is 5.75 Å². The standard InChI is InChI=1S/C13H21NO2S/c1-3-6-14-12(10-4-7-16-9-10)13-11(15-2)5-8-17-13/h5,8,10,12,14H,3-4,6-7,9H2,1-2H3. The molecule has 0 aromatic carbocycles. The molecule has 2 heterocycles. The van der Waals surface area contributed by atoms with Crippen LogP contribution in [0.3, 0.4) is 0 Å². The average molecular weight is 255 g/mol. The molecule has 1 aromatic heterocycles. The highest BCUT2D eigenvalue weighted by atomic mass is 32.1. The Balaban J connectivity index is 2.13. The molecule has 1 N–H and O–H groups in total. The highest BCUT2D eigenvalue weighted by molar-refractivity contribution is 7.10. The van der Waals surface area contributed by atoms with Gasteiger partial charge in [-0.3, -0.25) is 0 Å². The molecule has 1 aliphatic rings. The van der Waals surface area contributed by atoms with Crippen LogP contribution >= 0.6 is 11.3 Å². The van der Waals surface area contributed by atoms with Crippen molar-refractivity contribution in [3.63, 3.8) is 0 Å². The van der Waals surface area contributed by atoms with Crippen LogP contribution in [-0.4, -0.2) is 26.9 Å². The third-order valence-electron chi connectivity index (χ3n) is 3.21. The molecular weight excluding hydrogens is 234 g/mol. The predicted molar refractivity (Wildman–Crippen MR) is 70.8 cm³/mol. The first-order chi connectivity index (χ1) is 8.36. The van der Waals surface area contributed by atoms with Gasteiger partial charge in [0.15, 0.2) is 0 Å². The summed E-state index contributed by atoms with van der Waals surface area (Å²) in [5, 5.41) is 5.74. The summed E-state index contributed by atoms with van der Waals surface area (Å²) in [6.45, 7) is 4.99. The third-order valence-corrected chi connectivity index (χ3v) is 4.19. The Morgan fingerprint density at radius 1 is 1.65 bits per heavy atom. The maximum absolute atomic E-state index is 5.51. The number of hydrogen-bond donors (Lipinski definition) is 1. The van der Waals surface area contributed by atoms with E-state index in [0.717, 1.165) is 38.3 Å². The zero-order chi connectivity index (χ0) is 12.1. The first-order valence-corrected chi connectivity index (χ1v) is 7.17. The summed E-state index contributed by atoms with van der Waals surface area (Å²) >= 11 is 1.78. The van der Waals surface area contributed by atoms with E-state index in [9.17, 15) is 0 Å². The molecule has 2 unspecified atom stereocenters. The van der Waals surface area contributed by atoms with Crippen LogP contribution in [0.1, 0.15) is 30.7 Å². The van der Waals surface area contributed by atoms with Crippen LogP contribution in [0.15, 0.2) is 11.4 Å². The molecule has 0 amide bonds. The van der Waals surface area contributed by atoms with Gasteiger partial charge in [-0.1, -0.05) is 6.92 Å². The van der Waals surface area contributed by atoms with Crippen molar-refractivity contribution in [1.82, 2.24) is 5.32 Å². The van der Waals surface area contributed by atoms with Gasteiger partial charge < -0.3 is 14.8 Å². The van der Waals surface area contributed by atoms with E-state index in [1.165, 1.54) is 4.88 Å². The molecule has 0 bridgehead atoms. The molecule has 0 saturated carbocycles. The average Bonchev–Trinajstić information content (AvgIpc) is 3.00. The van der Waals surface area contributed by atoms with Gasteiger partial charge in [-0.05, 0) is 30.8 Å². The van der Waals surface area contributed by atoms with Gasteiger partial charge in [-0.15, -0.1) is 11.3 Å². The monoisotopic (exact) mass is 255 g/mol. The van der Waals surface area contributed by atoms with E-state index in [-0.39, 0.29) is 0 Å². The van der Waals surface area contributed by atoms with Crippen LogP contribution in [0.2, 0.25) is 0 Å². The largest absolute Gasteiger partial charge is 0.496 e. The van der Waals surface area contributed by atoms with Crippen molar-refractivity contribution in [3.05, 3.63) is 16.3 Å². The molecule has 0 spiro atoms. The zero-order valence-corrected chi connectivity index (χ0v) is 11.4. The summed E-state index contributed by atoms with van der Waals surface area (Å²) in [5.74, 6) is 1.59. The fourth-order valence-corrected chi connectivity index (χ4v) is 3.32. The topological polar surface area (TPSA) is 30.5 Å². The normalized spacial score (nSPS) is 21.6. The van der Waals surface area contributed by atoms with Crippen molar-refractivity contribution in [2.75, 3.05) is 26.9 Å². The number of hydrogen-bond acceptors (Lipinski definition) is 4. The van der Waals surface area contributed by atoms with Crippen molar-refractivity contribution >= 4 is 11.3 Å². The number of nitrogens with one attached hydrogen (secondary N) is 1. The fourth-order valence-electron chi connectivity index (χ4n) is 2.29. The van der Waals surface area contributed by atoms with Crippen LogP contribution in [-0.2, 0) is 4.74 Å². The second kappa shape index (κ2) is 6.38. The smallest absolute Gasteiger partial charge is 0.134 e. The molecule has 0 radical (unpaired) electrons. The first-order valence-electron chi connectivity index (χ1n) is 6.29. The molecule has 2 rings (SSSR count). The van der Waals surface area contributed by atoms with E-state index < -0.39 is 0 Å². The number of ether oxygens (including phenoxy) is 2. The van der Waals surface area contributed by atoms with Crippen LogP contribution < -0.4 is 10.1 Å². The molecule has 1 fully saturated rings. The van der Waals surface area contributed by atoms with Gasteiger partial charge >= 0.3 is 0 Å². The maximum Gasteiger partial charge on any atom is 0.134 e. The van der Waals surface area contributed by atoms with E-state index in [4.69, 9.17) is 9.47 Å². The molecule has 2 atom stereocenters. The van der Waals surface area contributed by atoms with E-state index >= 15 is 0 Å². The fraction of sp³-hybridized carbons (Fsp3) is 0.692. The second-order valence-electron chi connectivity index (χ2n) is 4.41. The van der Waals surface area contributed by atoms with Crippen molar-refractivity contribution < 1.29 is 9.47 Å². The van der Waals surface area contributed by atoms with Crippen LogP contribution in [0.25, 0.3) is 0 Å². The number of methoxy groups -OCH3 is 1. The lowest BCUT2D eigenvalue weighted by molar-refractivity contribution is 0.176. The van der Waals surface area contributed by atoms with Gasteiger partial charge in [0.2, 0.25) is 0 Å². The SMILES string of the molecule is CCCNC(c1sccc1OC)C1CCOC1. The molecule has 96 valence electrons. The predicted octanol–water partition coefficient (Wildman–Crippen LogP) is 2.83. The van der Waals surface area contributed by atoms with Crippen molar-refractivity contribution in [2.45, 2.75) is 25.8 Å². The van der Waals surface area contributed by atoms with Gasteiger partial charge in [0.25, 0.3) is 0 Å². The minimum absolute atomic E-state index is 0.382. The van der Waals surface area contributed by atoms with Crippen molar-refractivity contribution in [3.8, 4) is 5.75 Å². The third kappa shape index (κ3) is 3.00. The summed E-state index contributed by atoms with van der Waals surface area (Å²) in [6, 6.07) is 2.43. The Morgan fingerprint density at radius 3 is 3.18 bits per heavy atom. The van der Waals surface area contributed by atoms with Gasteiger partial charge in [0, 0.05) is 12.5 Å². The minimum Gasteiger partial charge on any atom is -0.496 e. The second-order valence-corrected chi connectivity index (χ2v) is 5.36. The summed E-state index contributed by atoms with van der Waals surface area (Å²) < 4.78 is 10.9. The van der Waals surface area contributed by atoms with Crippen LogP contribution in [0, 0.1) is 5.92 Å². The van der Waals surface area contributed by atoms with Crippen LogP contribution in [0.4, 0.5) is 0 Å². The summed E-state index contributed by atoms with van der Waals surface area (Å²) in [5.41, 5.74) is 0. The Hall–Kier alpha value is -0.580.